The highest BCUT2D eigenvalue weighted by atomic mass is 32.2. The first-order chi connectivity index (χ1) is 9.29. The zero-order valence-electron chi connectivity index (χ0n) is 11.7. The van der Waals surface area contributed by atoms with E-state index < -0.39 is 10.0 Å². The van der Waals surface area contributed by atoms with Gasteiger partial charge in [-0.15, -0.1) is 0 Å². The first-order valence-corrected chi connectivity index (χ1v) is 8.07. The maximum atomic E-state index is 12.3. The molecule has 2 rings (SSSR count). The molecule has 0 saturated carbocycles. The fraction of sp³-hybridized carbons (Fsp3) is 0.538. The molecule has 1 saturated heterocycles. The molecule has 0 spiro atoms. The SMILES string of the molecule is CC1CN(C)CCC1NS(=O)(=O)c1ccc(O)c(N)c1. The topological polar surface area (TPSA) is 95.7 Å². The van der Waals surface area contributed by atoms with Crippen LogP contribution in [0.5, 0.6) is 5.75 Å². The molecule has 2 atom stereocenters. The summed E-state index contributed by atoms with van der Waals surface area (Å²) in [6.45, 7) is 3.77. The summed E-state index contributed by atoms with van der Waals surface area (Å²) in [7, 11) is -1.58. The summed E-state index contributed by atoms with van der Waals surface area (Å²) in [6, 6.07) is 3.85. The third kappa shape index (κ3) is 3.23. The van der Waals surface area contributed by atoms with Crippen LogP contribution in [0.1, 0.15) is 13.3 Å². The standard InChI is InChI=1S/C13H21N3O3S/c1-9-8-16(2)6-5-12(9)15-20(18,19)10-3-4-13(17)11(14)7-10/h3-4,7,9,12,15,17H,5-6,8,14H2,1-2H3. The van der Waals surface area contributed by atoms with E-state index in [4.69, 9.17) is 5.73 Å². The maximum Gasteiger partial charge on any atom is 0.240 e. The van der Waals surface area contributed by atoms with Crippen molar-refractivity contribution in [2.24, 2.45) is 5.92 Å². The van der Waals surface area contributed by atoms with E-state index in [2.05, 4.69) is 9.62 Å². The third-order valence-electron chi connectivity index (χ3n) is 3.72. The minimum atomic E-state index is -3.61. The van der Waals surface area contributed by atoms with Gasteiger partial charge in [0.25, 0.3) is 0 Å². The lowest BCUT2D eigenvalue weighted by atomic mass is 9.95. The maximum absolute atomic E-state index is 12.3. The quantitative estimate of drug-likeness (QED) is 0.561. The summed E-state index contributed by atoms with van der Waals surface area (Å²) in [5.74, 6) is 0.134. The van der Waals surface area contributed by atoms with Crippen molar-refractivity contribution in [3.63, 3.8) is 0 Å². The summed E-state index contributed by atoms with van der Waals surface area (Å²) in [4.78, 5) is 2.27. The number of nitrogens with one attached hydrogen (secondary N) is 1. The van der Waals surface area contributed by atoms with Crippen LogP contribution in [0.4, 0.5) is 5.69 Å². The number of phenolic OH excluding ortho intramolecular Hbond substituents is 1. The number of aromatic hydroxyl groups is 1. The molecule has 7 heteroatoms. The molecule has 6 nitrogen and oxygen atoms in total. The van der Waals surface area contributed by atoms with Crippen molar-refractivity contribution in [1.29, 1.82) is 0 Å². The average Bonchev–Trinajstić information content (AvgIpc) is 2.36. The second-order valence-electron chi connectivity index (χ2n) is 5.48. The van der Waals surface area contributed by atoms with E-state index in [1.807, 2.05) is 14.0 Å². The van der Waals surface area contributed by atoms with Gasteiger partial charge in [-0.2, -0.15) is 0 Å². The highest BCUT2D eigenvalue weighted by Gasteiger charge is 2.28. The lowest BCUT2D eigenvalue weighted by Crippen LogP contribution is -2.48. The molecule has 0 aromatic heterocycles. The molecule has 0 amide bonds. The summed E-state index contributed by atoms with van der Waals surface area (Å²) in [5.41, 5.74) is 5.61. The van der Waals surface area contributed by atoms with Crippen LogP contribution in [0.2, 0.25) is 0 Å². The van der Waals surface area contributed by atoms with E-state index in [1.165, 1.54) is 18.2 Å². The van der Waals surface area contributed by atoms with Crippen LogP contribution in [-0.2, 0) is 10.0 Å². The van der Waals surface area contributed by atoms with E-state index >= 15 is 0 Å². The van der Waals surface area contributed by atoms with Gasteiger partial charge in [-0.3, -0.25) is 0 Å². The van der Waals surface area contributed by atoms with Crippen molar-refractivity contribution in [3.05, 3.63) is 18.2 Å². The lowest BCUT2D eigenvalue weighted by molar-refractivity contribution is 0.188. The van der Waals surface area contributed by atoms with E-state index in [1.54, 1.807) is 0 Å². The smallest absolute Gasteiger partial charge is 0.240 e. The Kier molecular flexibility index (Phi) is 4.22. The number of phenols is 1. The molecule has 1 aliphatic rings. The van der Waals surface area contributed by atoms with E-state index in [0.717, 1.165) is 19.5 Å². The molecule has 20 heavy (non-hydrogen) atoms. The first kappa shape index (κ1) is 15.1. The second-order valence-corrected chi connectivity index (χ2v) is 7.19. The van der Waals surface area contributed by atoms with Crippen LogP contribution < -0.4 is 10.5 Å². The lowest BCUT2D eigenvalue weighted by Gasteiger charge is -2.34. The molecular weight excluding hydrogens is 278 g/mol. The number of piperidine rings is 1. The number of anilines is 1. The Hall–Kier alpha value is -1.31. The normalized spacial score (nSPS) is 24.7. The van der Waals surface area contributed by atoms with Gasteiger partial charge < -0.3 is 15.7 Å². The Morgan fingerprint density at radius 3 is 2.75 bits per heavy atom. The summed E-state index contributed by atoms with van der Waals surface area (Å²) in [6.07, 6.45) is 0.782. The number of hydrogen-bond donors (Lipinski definition) is 3. The predicted octanol–water partition coefficient (Wildman–Crippen LogP) is 0.593. The van der Waals surface area contributed by atoms with Gasteiger partial charge >= 0.3 is 0 Å². The molecule has 1 aromatic carbocycles. The van der Waals surface area contributed by atoms with Crippen molar-refractivity contribution >= 4 is 15.7 Å². The molecule has 1 aromatic rings. The minimum Gasteiger partial charge on any atom is -0.506 e. The summed E-state index contributed by atoms with van der Waals surface area (Å²) >= 11 is 0. The number of rotatable bonds is 3. The molecule has 0 radical (unpaired) electrons. The predicted molar refractivity (Wildman–Crippen MR) is 77.9 cm³/mol. The van der Waals surface area contributed by atoms with E-state index in [0.29, 0.717) is 0 Å². The monoisotopic (exact) mass is 299 g/mol. The molecular formula is C13H21N3O3S. The summed E-state index contributed by atoms with van der Waals surface area (Å²) < 4.78 is 27.4. The highest BCUT2D eigenvalue weighted by molar-refractivity contribution is 7.89. The van der Waals surface area contributed by atoms with Gasteiger partial charge in [-0.05, 0) is 44.1 Å². The van der Waals surface area contributed by atoms with Gasteiger partial charge in [0.1, 0.15) is 5.75 Å². The van der Waals surface area contributed by atoms with Crippen LogP contribution in [0, 0.1) is 5.92 Å². The van der Waals surface area contributed by atoms with Gasteiger partial charge in [-0.1, -0.05) is 6.92 Å². The van der Waals surface area contributed by atoms with E-state index in [9.17, 15) is 13.5 Å². The zero-order chi connectivity index (χ0) is 14.9. The number of sulfonamides is 1. The zero-order valence-corrected chi connectivity index (χ0v) is 12.5. The first-order valence-electron chi connectivity index (χ1n) is 6.59. The van der Waals surface area contributed by atoms with Crippen LogP contribution in [0.25, 0.3) is 0 Å². The largest absolute Gasteiger partial charge is 0.506 e. The molecule has 1 heterocycles. The number of hydrogen-bond acceptors (Lipinski definition) is 5. The van der Waals surface area contributed by atoms with Crippen molar-refractivity contribution in [2.75, 3.05) is 25.9 Å². The summed E-state index contributed by atoms with van der Waals surface area (Å²) in [5, 5.41) is 9.36. The number of likely N-dealkylation sites (tertiary alicyclic amines) is 1. The van der Waals surface area contributed by atoms with Gasteiger partial charge in [0.15, 0.2) is 0 Å². The number of nitrogens with zero attached hydrogens (tertiary/aromatic N) is 1. The Bertz CT molecular complexity index is 589. The molecule has 2 unspecified atom stereocenters. The molecule has 112 valence electrons. The number of benzene rings is 1. The molecule has 0 bridgehead atoms. The van der Waals surface area contributed by atoms with Crippen LogP contribution in [-0.4, -0.2) is 44.6 Å². The van der Waals surface area contributed by atoms with Gasteiger partial charge in [0, 0.05) is 12.6 Å². The van der Waals surface area contributed by atoms with Crippen molar-refractivity contribution in [2.45, 2.75) is 24.3 Å². The molecule has 4 N–H and O–H groups in total. The Morgan fingerprint density at radius 1 is 1.45 bits per heavy atom. The van der Waals surface area contributed by atoms with Crippen LogP contribution in [0.3, 0.4) is 0 Å². The highest BCUT2D eigenvalue weighted by Crippen LogP contribution is 2.24. The molecule has 0 aliphatic carbocycles. The fourth-order valence-electron chi connectivity index (χ4n) is 2.50. The van der Waals surface area contributed by atoms with Crippen molar-refractivity contribution < 1.29 is 13.5 Å². The van der Waals surface area contributed by atoms with Crippen molar-refractivity contribution in [3.8, 4) is 5.75 Å². The molecule has 1 fully saturated rings. The number of nitrogen functional groups attached to an aromatic ring is 1. The Balaban J connectivity index is 2.16. The Labute approximate surface area is 119 Å². The minimum absolute atomic E-state index is 0.0595. The van der Waals surface area contributed by atoms with Crippen LogP contribution in [0.15, 0.2) is 23.1 Å². The number of nitrogens with two attached hydrogens (primary N) is 1. The van der Waals surface area contributed by atoms with Gasteiger partial charge in [-0.25, -0.2) is 13.1 Å². The third-order valence-corrected chi connectivity index (χ3v) is 5.21. The van der Waals surface area contributed by atoms with Gasteiger partial charge in [0.2, 0.25) is 10.0 Å². The molecule has 1 aliphatic heterocycles. The van der Waals surface area contributed by atoms with Crippen LogP contribution >= 0.6 is 0 Å². The van der Waals surface area contributed by atoms with Crippen molar-refractivity contribution in [1.82, 2.24) is 9.62 Å². The second kappa shape index (κ2) is 5.59. The Morgan fingerprint density at radius 2 is 2.15 bits per heavy atom. The van der Waals surface area contributed by atoms with Gasteiger partial charge in [0.05, 0.1) is 10.6 Å². The van der Waals surface area contributed by atoms with E-state index in [-0.39, 0.29) is 28.3 Å². The fourth-order valence-corrected chi connectivity index (χ4v) is 3.91. The average molecular weight is 299 g/mol.